The summed E-state index contributed by atoms with van der Waals surface area (Å²) in [6, 6.07) is 12.5. The number of aliphatic hydroxyl groups is 1. The van der Waals surface area contributed by atoms with Crippen LogP contribution in [0.3, 0.4) is 0 Å². The van der Waals surface area contributed by atoms with Crippen molar-refractivity contribution in [3.8, 4) is 0 Å². The van der Waals surface area contributed by atoms with Crippen LogP contribution in [0.25, 0.3) is 0 Å². The van der Waals surface area contributed by atoms with Gasteiger partial charge < -0.3 is 19.6 Å². The van der Waals surface area contributed by atoms with Gasteiger partial charge in [0.1, 0.15) is 24.1 Å². The lowest BCUT2D eigenvalue weighted by molar-refractivity contribution is 0.0395. The predicted molar refractivity (Wildman–Crippen MR) is 96.8 cm³/mol. The van der Waals surface area contributed by atoms with E-state index in [1.54, 1.807) is 6.33 Å². The minimum atomic E-state index is 0.0605. The molecule has 2 fully saturated rings. The zero-order chi connectivity index (χ0) is 17.1. The van der Waals surface area contributed by atoms with Gasteiger partial charge in [-0.2, -0.15) is 0 Å². The second kappa shape index (κ2) is 7.37. The molecule has 6 heteroatoms. The third-order valence-electron chi connectivity index (χ3n) is 5.08. The van der Waals surface area contributed by atoms with Crippen LogP contribution in [0.1, 0.15) is 24.5 Å². The van der Waals surface area contributed by atoms with Gasteiger partial charge in [-0.25, -0.2) is 9.97 Å². The average Bonchev–Trinajstić information content (AvgIpc) is 3.18. The zero-order valence-electron chi connectivity index (χ0n) is 14.3. The van der Waals surface area contributed by atoms with Crippen molar-refractivity contribution in [2.75, 3.05) is 42.6 Å². The number of morpholine rings is 1. The summed E-state index contributed by atoms with van der Waals surface area (Å²) < 4.78 is 5.95. The van der Waals surface area contributed by atoms with Crippen molar-refractivity contribution in [1.29, 1.82) is 0 Å². The maximum atomic E-state index is 9.56. The van der Waals surface area contributed by atoms with Gasteiger partial charge in [-0.1, -0.05) is 30.3 Å². The Morgan fingerprint density at radius 2 is 1.96 bits per heavy atom. The molecule has 2 atom stereocenters. The summed E-state index contributed by atoms with van der Waals surface area (Å²) in [5, 5.41) is 9.56. The monoisotopic (exact) mass is 340 g/mol. The predicted octanol–water partition coefficient (Wildman–Crippen LogP) is 2.02. The van der Waals surface area contributed by atoms with Gasteiger partial charge in [0.15, 0.2) is 0 Å². The number of benzene rings is 1. The van der Waals surface area contributed by atoms with E-state index in [0.29, 0.717) is 6.61 Å². The van der Waals surface area contributed by atoms with Crippen LogP contribution in [0, 0.1) is 0 Å². The van der Waals surface area contributed by atoms with Crippen LogP contribution >= 0.6 is 0 Å². The summed E-state index contributed by atoms with van der Waals surface area (Å²) in [5.41, 5.74) is 1.20. The van der Waals surface area contributed by atoms with Crippen LogP contribution in [-0.4, -0.2) is 54.0 Å². The number of rotatable bonds is 4. The molecule has 2 saturated heterocycles. The van der Waals surface area contributed by atoms with E-state index in [-0.39, 0.29) is 18.8 Å². The Hall–Kier alpha value is -2.18. The molecule has 0 radical (unpaired) electrons. The molecule has 4 rings (SSSR count). The zero-order valence-corrected chi connectivity index (χ0v) is 14.3. The molecular formula is C19H24N4O2. The summed E-state index contributed by atoms with van der Waals surface area (Å²) in [6.07, 6.45) is 3.80. The molecule has 132 valence electrons. The Morgan fingerprint density at radius 3 is 2.80 bits per heavy atom. The number of aliphatic hydroxyl groups excluding tert-OH is 1. The third-order valence-corrected chi connectivity index (χ3v) is 5.08. The molecular weight excluding hydrogens is 316 g/mol. The maximum Gasteiger partial charge on any atom is 0.134 e. The fourth-order valence-electron chi connectivity index (χ4n) is 3.72. The van der Waals surface area contributed by atoms with Gasteiger partial charge in [0.2, 0.25) is 0 Å². The SMILES string of the molecule is OCC1CCCN1c1cc(N2CCOC(c3ccccc3)C2)ncn1. The fourth-order valence-corrected chi connectivity index (χ4v) is 3.72. The van der Waals surface area contributed by atoms with Gasteiger partial charge in [0.05, 0.1) is 19.3 Å². The topological polar surface area (TPSA) is 61.7 Å². The number of hydrogen-bond donors (Lipinski definition) is 1. The Bertz CT molecular complexity index is 697. The van der Waals surface area contributed by atoms with Gasteiger partial charge in [-0.15, -0.1) is 0 Å². The Kier molecular flexibility index (Phi) is 4.81. The van der Waals surface area contributed by atoms with Crippen molar-refractivity contribution in [3.63, 3.8) is 0 Å². The summed E-state index contributed by atoms with van der Waals surface area (Å²) in [7, 11) is 0. The van der Waals surface area contributed by atoms with Crippen molar-refractivity contribution in [1.82, 2.24) is 9.97 Å². The first-order chi connectivity index (χ1) is 12.3. The lowest BCUT2D eigenvalue weighted by Crippen LogP contribution is -2.39. The van der Waals surface area contributed by atoms with Gasteiger partial charge in [0.25, 0.3) is 0 Å². The molecule has 0 spiro atoms. The van der Waals surface area contributed by atoms with E-state index < -0.39 is 0 Å². The molecule has 0 saturated carbocycles. The molecule has 6 nitrogen and oxygen atoms in total. The smallest absolute Gasteiger partial charge is 0.134 e. The number of anilines is 2. The van der Waals surface area contributed by atoms with Gasteiger partial charge in [0, 0.05) is 25.7 Å². The molecule has 0 amide bonds. The first-order valence-electron chi connectivity index (χ1n) is 8.96. The molecule has 2 aromatic rings. The molecule has 0 aliphatic carbocycles. The van der Waals surface area contributed by atoms with Crippen LogP contribution in [0.2, 0.25) is 0 Å². The Labute approximate surface area is 148 Å². The van der Waals surface area contributed by atoms with Gasteiger partial charge >= 0.3 is 0 Å². The Balaban J connectivity index is 1.52. The van der Waals surface area contributed by atoms with E-state index in [1.807, 2.05) is 24.3 Å². The molecule has 0 bridgehead atoms. The second-order valence-corrected chi connectivity index (χ2v) is 6.62. The van der Waals surface area contributed by atoms with Crippen molar-refractivity contribution in [2.45, 2.75) is 25.0 Å². The van der Waals surface area contributed by atoms with Crippen molar-refractivity contribution in [2.24, 2.45) is 0 Å². The largest absolute Gasteiger partial charge is 0.394 e. The van der Waals surface area contributed by atoms with Crippen molar-refractivity contribution < 1.29 is 9.84 Å². The summed E-state index contributed by atoms with van der Waals surface area (Å²) >= 11 is 0. The van der Waals surface area contributed by atoms with E-state index in [1.165, 1.54) is 5.56 Å². The summed E-state index contributed by atoms with van der Waals surface area (Å²) in [5.74, 6) is 1.84. The highest BCUT2D eigenvalue weighted by atomic mass is 16.5. The van der Waals surface area contributed by atoms with E-state index in [0.717, 1.165) is 44.1 Å². The standard InChI is InChI=1S/C19H24N4O2/c24-13-16-7-4-8-23(16)19-11-18(20-14-21-19)22-9-10-25-17(12-22)15-5-2-1-3-6-15/h1-3,5-6,11,14,16-17,24H,4,7-10,12-13H2. The average molecular weight is 340 g/mol. The number of aromatic nitrogens is 2. The quantitative estimate of drug-likeness (QED) is 0.919. The highest BCUT2D eigenvalue weighted by Gasteiger charge is 2.27. The fraction of sp³-hybridized carbons (Fsp3) is 0.474. The highest BCUT2D eigenvalue weighted by Crippen LogP contribution is 2.28. The minimum absolute atomic E-state index is 0.0605. The number of ether oxygens (including phenoxy) is 1. The van der Waals surface area contributed by atoms with E-state index >= 15 is 0 Å². The van der Waals surface area contributed by atoms with Gasteiger partial charge in [-0.05, 0) is 18.4 Å². The Morgan fingerprint density at radius 1 is 1.12 bits per heavy atom. The molecule has 2 aliphatic rings. The molecule has 1 N–H and O–H groups in total. The van der Waals surface area contributed by atoms with Crippen LogP contribution in [0.4, 0.5) is 11.6 Å². The lowest BCUT2D eigenvalue weighted by Gasteiger charge is -2.34. The van der Waals surface area contributed by atoms with Crippen LogP contribution in [0.5, 0.6) is 0 Å². The molecule has 3 heterocycles. The summed E-state index contributed by atoms with van der Waals surface area (Å²) in [6.45, 7) is 3.40. The lowest BCUT2D eigenvalue weighted by atomic mass is 10.1. The van der Waals surface area contributed by atoms with E-state index in [9.17, 15) is 5.11 Å². The molecule has 1 aromatic heterocycles. The van der Waals surface area contributed by atoms with Crippen LogP contribution in [0.15, 0.2) is 42.7 Å². The molecule has 2 unspecified atom stereocenters. The number of nitrogens with zero attached hydrogens (tertiary/aromatic N) is 4. The van der Waals surface area contributed by atoms with E-state index in [2.05, 4.69) is 31.9 Å². The first-order valence-corrected chi connectivity index (χ1v) is 8.96. The molecule has 25 heavy (non-hydrogen) atoms. The van der Waals surface area contributed by atoms with Crippen molar-refractivity contribution in [3.05, 3.63) is 48.3 Å². The highest BCUT2D eigenvalue weighted by molar-refractivity contribution is 5.51. The summed E-state index contributed by atoms with van der Waals surface area (Å²) in [4.78, 5) is 13.4. The van der Waals surface area contributed by atoms with E-state index in [4.69, 9.17) is 4.74 Å². The van der Waals surface area contributed by atoms with Crippen LogP contribution < -0.4 is 9.80 Å². The minimum Gasteiger partial charge on any atom is -0.394 e. The maximum absolute atomic E-state index is 9.56. The second-order valence-electron chi connectivity index (χ2n) is 6.62. The van der Waals surface area contributed by atoms with Crippen LogP contribution in [-0.2, 0) is 4.74 Å². The first kappa shape index (κ1) is 16.3. The number of hydrogen-bond acceptors (Lipinski definition) is 6. The molecule has 1 aromatic carbocycles. The van der Waals surface area contributed by atoms with Gasteiger partial charge in [-0.3, -0.25) is 0 Å². The normalized spacial score (nSPS) is 23.9. The van der Waals surface area contributed by atoms with Crippen molar-refractivity contribution >= 4 is 11.6 Å². The third kappa shape index (κ3) is 3.45. The molecule has 2 aliphatic heterocycles.